The number of ether oxygens (including phenoxy) is 2. The van der Waals surface area contributed by atoms with Crippen LogP contribution in [0.15, 0.2) is 74.8 Å². The fourth-order valence-electron chi connectivity index (χ4n) is 3.48. The van der Waals surface area contributed by atoms with Crippen LogP contribution >= 0.6 is 34.7 Å². The van der Waals surface area contributed by atoms with Crippen molar-refractivity contribution in [3.05, 3.63) is 82.1 Å². The van der Waals surface area contributed by atoms with Crippen molar-refractivity contribution in [3.63, 3.8) is 0 Å². The Kier molecular flexibility index (Phi) is 8.59. The predicted octanol–water partition coefficient (Wildman–Crippen LogP) is 6.91. The van der Waals surface area contributed by atoms with Gasteiger partial charge in [-0.05, 0) is 36.4 Å². The Balaban J connectivity index is 1.74. The van der Waals surface area contributed by atoms with Crippen LogP contribution in [0.3, 0.4) is 0 Å². The molecular formula is C24H18ClF4N3O4S3. The van der Waals surface area contributed by atoms with Crippen molar-refractivity contribution in [1.29, 1.82) is 0 Å². The number of sulfonamides is 1. The summed E-state index contributed by atoms with van der Waals surface area (Å²) in [5.41, 5.74) is 0.795. The molecule has 0 saturated carbocycles. The van der Waals surface area contributed by atoms with Gasteiger partial charge in [-0.3, -0.25) is 0 Å². The minimum absolute atomic E-state index is 0.0547. The molecule has 7 nitrogen and oxygen atoms in total. The summed E-state index contributed by atoms with van der Waals surface area (Å²) in [5.74, 6) is -0.422. The Bertz CT molecular complexity index is 1590. The van der Waals surface area contributed by atoms with Crippen LogP contribution in [0.25, 0.3) is 0 Å². The summed E-state index contributed by atoms with van der Waals surface area (Å²) in [6.07, 6.45) is -4.65. The van der Waals surface area contributed by atoms with Crippen LogP contribution in [0.2, 0.25) is 5.02 Å². The van der Waals surface area contributed by atoms with E-state index >= 15 is 4.39 Å². The molecule has 39 heavy (non-hydrogen) atoms. The van der Waals surface area contributed by atoms with Gasteiger partial charge < -0.3 is 9.47 Å². The first-order valence-corrected chi connectivity index (χ1v) is 14.3. The Hall–Kier alpha value is -3.07. The number of aromatic nitrogens is 2. The molecule has 0 fully saturated rings. The lowest BCUT2D eigenvalue weighted by atomic mass is 10.2. The lowest BCUT2D eigenvalue weighted by molar-refractivity contribution is -0.139. The topological polar surface area (TPSA) is 81.6 Å². The van der Waals surface area contributed by atoms with Crippen LogP contribution in [0, 0.1) is 5.82 Å². The zero-order valence-electron chi connectivity index (χ0n) is 20.1. The van der Waals surface area contributed by atoms with E-state index in [1.807, 2.05) is 0 Å². The van der Waals surface area contributed by atoms with Gasteiger partial charge in [0.2, 0.25) is 5.13 Å². The van der Waals surface area contributed by atoms with E-state index in [1.54, 1.807) is 18.2 Å². The van der Waals surface area contributed by atoms with Gasteiger partial charge >= 0.3 is 6.18 Å². The number of methoxy groups -OCH3 is 2. The lowest BCUT2D eigenvalue weighted by Gasteiger charge is -2.23. The minimum Gasteiger partial charge on any atom is -0.497 e. The van der Waals surface area contributed by atoms with E-state index < -0.39 is 32.5 Å². The zero-order chi connectivity index (χ0) is 28.4. The Morgan fingerprint density at radius 2 is 1.79 bits per heavy atom. The lowest BCUT2D eigenvalue weighted by Crippen LogP contribution is -2.31. The summed E-state index contributed by atoms with van der Waals surface area (Å²) < 4.78 is 94.5. The molecule has 0 aliphatic heterocycles. The van der Waals surface area contributed by atoms with Gasteiger partial charge in [0, 0.05) is 21.4 Å². The van der Waals surface area contributed by atoms with Crippen LogP contribution < -0.4 is 13.8 Å². The van der Waals surface area contributed by atoms with Crippen LogP contribution in [0.1, 0.15) is 11.1 Å². The minimum atomic E-state index is -4.65. The number of hydrogen-bond acceptors (Lipinski definition) is 8. The number of halogens is 5. The van der Waals surface area contributed by atoms with Crippen molar-refractivity contribution in [3.8, 4) is 11.5 Å². The molecule has 0 unspecified atom stereocenters. The summed E-state index contributed by atoms with van der Waals surface area (Å²) in [6.45, 7) is -0.308. The van der Waals surface area contributed by atoms with Crippen LogP contribution in [0.4, 0.5) is 22.7 Å². The molecule has 0 spiro atoms. The van der Waals surface area contributed by atoms with Gasteiger partial charge in [0.05, 0.1) is 31.4 Å². The van der Waals surface area contributed by atoms with Crippen molar-refractivity contribution >= 4 is 49.9 Å². The molecule has 1 aromatic heterocycles. The molecule has 0 N–H and O–H groups in total. The smallest absolute Gasteiger partial charge is 0.417 e. The molecular weight excluding hydrogens is 602 g/mol. The standard InChI is InChI=1S/C24H18ClF4N3O4S3/c1-35-15-8-7-14(19(9-15)36-2)12-32(23-31-30-13-37-23)39(33,34)22-10-17(25)21(11-18(22)26)38-20-6-4-3-5-16(20)24(27,28)29/h3-11,13H,12H2,1-2H3. The van der Waals surface area contributed by atoms with Crippen molar-refractivity contribution in [2.45, 2.75) is 27.4 Å². The average molecular weight is 620 g/mol. The number of nitrogens with zero attached hydrogens (tertiary/aromatic N) is 3. The molecule has 15 heteroatoms. The third-order valence-electron chi connectivity index (χ3n) is 5.34. The van der Waals surface area contributed by atoms with Crippen LogP contribution in [0.5, 0.6) is 11.5 Å². The van der Waals surface area contributed by atoms with E-state index in [0.717, 1.165) is 33.8 Å². The first kappa shape index (κ1) is 28.9. The normalized spacial score (nSPS) is 11.9. The largest absolute Gasteiger partial charge is 0.497 e. The summed E-state index contributed by atoms with van der Waals surface area (Å²) in [6, 6.07) is 11.1. The first-order chi connectivity index (χ1) is 18.5. The molecule has 0 atom stereocenters. The second-order valence-corrected chi connectivity index (χ2v) is 11.9. The molecule has 0 aliphatic rings. The molecule has 0 bridgehead atoms. The van der Waals surface area contributed by atoms with Crippen LogP contribution in [-0.4, -0.2) is 32.8 Å². The highest BCUT2D eigenvalue weighted by atomic mass is 35.5. The van der Waals surface area contributed by atoms with E-state index in [0.29, 0.717) is 28.8 Å². The van der Waals surface area contributed by atoms with E-state index in [4.69, 9.17) is 21.1 Å². The van der Waals surface area contributed by atoms with Crippen molar-refractivity contribution < 1.29 is 35.5 Å². The van der Waals surface area contributed by atoms with Gasteiger partial charge in [0.1, 0.15) is 27.7 Å². The summed E-state index contributed by atoms with van der Waals surface area (Å²) in [5, 5.41) is 7.21. The predicted molar refractivity (Wildman–Crippen MR) is 140 cm³/mol. The number of alkyl halides is 3. The van der Waals surface area contributed by atoms with Crippen molar-refractivity contribution in [1.82, 2.24) is 10.2 Å². The number of rotatable bonds is 9. The molecule has 4 rings (SSSR count). The van der Waals surface area contributed by atoms with E-state index in [-0.39, 0.29) is 26.5 Å². The quantitative estimate of drug-likeness (QED) is 0.188. The van der Waals surface area contributed by atoms with Gasteiger partial charge in [-0.15, -0.1) is 10.2 Å². The average Bonchev–Trinajstić information content (AvgIpc) is 3.43. The Labute approximate surface area is 234 Å². The zero-order valence-corrected chi connectivity index (χ0v) is 23.3. The third kappa shape index (κ3) is 6.24. The molecule has 4 aromatic rings. The maximum Gasteiger partial charge on any atom is 0.417 e. The van der Waals surface area contributed by atoms with Crippen molar-refractivity contribution in [2.24, 2.45) is 0 Å². The molecule has 1 heterocycles. The molecule has 0 saturated heterocycles. The maximum absolute atomic E-state index is 15.4. The van der Waals surface area contributed by atoms with Gasteiger partial charge in [-0.25, -0.2) is 17.1 Å². The molecule has 0 aliphatic carbocycles. The van der Waals surface area contributed by atoms with Gasteiger partial charge in [0.25, 0.3) is 10.0 Å². The Morgan fingerprint density at radius 1 is 1.05 bits per heavy atom. The van der Waals surface area contributed by atoms with Crippen LogP contribution in [-0.2, 0) is 22.7 Å². The fraction of sp³-hybridized carbons (Fsp3) is 0.167. The molecule has 0 radical (unpaired) electrons. The Morgan fingerprint density at radius 3 is 2.44 bits per heavy atom. The molecule has 0 amide bonds. The van der Waals surface area contributed by atoms with Crippen molar-refractivity contribution in [2.75, 3.05) is 18.5 Å². The number of hydrogen-bond donors (Lipinski definition) is 0. The highest BCUT2D eigenvalue weighted by molar-refractivity contribution is 7.99. The number of anilines is 1. The fourth-order valence-corrected chi connectivity index (χ4v) is 7.07. The second-order valence-electron chi connectivity index (χ2n) is 7.72. The molecule has 206 valence electrons. The summed E-state index contributed by atoms with van der Waals surface area (Å²) >= 11 is 7.76. The number of benzene rings is 3. The second kappa shape index (κ2) is 11.6. The highest BCUT2D eigenvalue weighted by Crippen LogP contribution is 2.43. The van der Waals surface area contributed by atoms with E-state index in [2.05, 4.69) is 10.2 Å². The molecule has 3 aromatic carbocycles. The summed E-state index contributed by atoms with van der Waals surface area (Å²) in [4.78, 5) is -1.10. The van der Waals surface area contributed by atoms with E-state index in [9.17, 15) is 21.6 Å². The van der Waals surface area contributed by atoms with Gasteiger partial charge in [-0.1, -0.05) is 46.8 Å². The summed E-state index contributed by atoms with van der Waals surface area (Å²) in [7, 11) is -1.77. The SMILES string of the molecule is COc1ccc(CN(c2nncs2)S(=O)(=O)c2cc(Cl)c(Sc3ccccc3C(F)(F)F)cc2F)c(OC)c1. The monoisotopic (exact) mass is 619 g/mol. The van der Waals surface area contributed by atoms with Gasteiger partial charge in [0.15, 0.2) is 0 Å². The van der Waals surface area contributed by atoms with E-state index in [1.165, 1.54) is 37.9 Å². The van der Waals surface area contributed by atoms with Gasteiger partial charge in [-0.2, -0.15) is 13.2 Å². The highest BCUT2D eigenvalue weighted by Gasteiger charge is 2.35. The first-order valence-electron chi connectivity index (χ1n) is 10.8. The maximum atomic E-state index is 15.4. The third-order valence-corrected chi connectivity index (χ3v) is 9.47.